The molecular weight excluding hydrogens is 308 g/mol. The third kappa shape index (κ3) is 2.21. The molecule has 0 saturated carbocycles. The fourth-order valence-electron chi connectivity index (χ4n) is 2.30. The van der Waals surface area contributed by atoms with Gasteiger partial charge in [-0.2, -0.15) is 0 Å². The van der Waals surface area contributed by atoms with Crippen molar-refractivity contribution in [1.29, 1.82) is 0 Å². The zero-order valence-electron chi connectivity index (χ0n) is 11.7. The summed E-state index contributed by atoms with van der Waals surface area (Å²) in [6.07, 6.45) is 0. The molecule has 0 atom stereocenters. The first-order chi connectivity index (χ1) is 10.9. The minimum Gasteiger partial charge on any atom is -0.502 e. The van der Waals surface area contributed by atoms with Gasteiger partial charge in [0.1, 0.15) is 18.1 Å². The second kappa shape index (κ2) is 5.02. The molecule has 0 radical (unpaired) electrons. The fourth-order valence-corrected chi connectivity index (χ4v) is 2.30. The zero-order valence-corrected chi connectivity index (χ0v) is 11.7. The van der Waals surface area contributed by atoms with Crippen LogP contribution in [0.15, 0.2) is 30.3 Å². The SMILES string of the molecule is CO[n+]1c2ccc([N+](=O)[O-])cc2nc2cc([N+](=O)[O-])c(O)cc21. The quantitative estimate of drug-likeness (QED) is 0.332. The molecular formula is C13H9N4O6+. The van der Waals surface area contributed by atoms with Gasteiger partial charge in [-0.25, -0.2) is 4.98 Å². The Hall–Kier alpha value is -3.56. The highest BCUT2D eigenvalue weighted by molar-refractivity contribution is 5.85. The standard InChI is InChI=1S/C13H8N4O6/c1-23-15-10-3-2-7(16(19)20)4-8(10)14-9-5-12(17(21)22)13(18)6-11(9)15/h2-6H,1H3/p+1. The lowest BCUT2D eigenvalue weighted by Gasteiger charge is -2.03. The van der Waals surface area contributed by atoms with Crippen molar-refractivity contribution in [1.82, 2.24) is 4.98 Å². The van der Waals surface area contributed by atoms with Crippen LogP contribution in [0, 0.1) is 20.2 Å². The van der Waals surface area contributed by atoms with Crippen molar-refractivity contribution >= 4 is 33.4 Å². The topological polar surface area (TPSA) is 133 Å². The third-order valence-corrected chi connectivity index (χ3v) is 3.30. The number of aromatic hydroxyl groups is 1. The molecule has 1 aromatic heterocycles. The Labute approximate surface area is 127 Å². The van der Waals surface area contributed by atoms with Crippen LogP contribution in [-0.2, 0) is 0 Å². The molecule has 0 aliphatic carbocycles. The predicted molar refractivity (Wildman–Crippen MR) is 76.9 cm³/mol. The fraction of sp³-hybridized carbons (Fsp3) is 0.0769. The highest BCUT2D eigenvalue weighted by Gasteiger charge is 2.25. The van der Waals surface area contributed by atoms with E-state index in [-0.39, 0.29) is 22.2 Å². The number of rotatable bonds is 3. The van der Waals surface area contributed by atoms with Gasteiger partial charge in [0, 0.05) is 22.9 Å². The van der Waals surface area contributed by atoms with Crippen LogP contribution in [-0.4, -0.2) is 27.0 Å². The van der Waals surface area contributed by atoms with Crippen molar-refractivity contribution in [2.45, 2.75) is 0 Å². The van der Waals surface area contributed by atoms with Crippen LogP contribution < -0.4 is 9.57 Å². The predicted octanol–water partition coefficient (Wildman–Crippen LogP) is 1.26. The Morgan fingerprint density at radius 2 is 1.78 bits per heavy atom. The van der Waals surface area contributed by atoms with Gasteiger partial charge in [0.15, 0.2) is 0 Å². The molecule has 0 unspecified atom stereocenters. The minimum absolute atomic E-state index is 0.157. The van der Waals surface area contributed by atoms with Crippen LogP contribution >= 0.6 is 0 Å². The molecule has 0 spiro atoms. The number of nitro benzene ring substituents is 2. The molecule has 0 aliphatic rings. The molecule has 0 amide bonds. The molecule has 2 aromatic carbocycles. The Morgan fingerprint density at radius 3 is 2.39 bits per heavy atom. The maximum Gasteiger partial charge on any atom is 0.313 e. The van der Waals surface area contributed by atoms with E-state index in [1.165, 1.54) is 30.0 Å². The third-order valence-electron chi connectivity index (χ3n) is 3.30. The van der Waals surface area contributed by atoms with E-state index >= 15 is 0 Å². The molecule has 23 heavy (non-hydrogen) atoms. The van der Waals surface area contributed by atoms with Gasteiger partial charge in [-0.15, -0.1) is 0 Å². The van der Waals surface area contributed by atoms with E-state index in [1.54, 1.807) is 0 Å². The van der Waals surface area contributed by atoms with E-state index in [4.69, 9.17) is 4.84 Å². The Kier molecular flexibility index (Phi) is 3.14. The van der Waals surface area contributed by atoms with Gasteiger partial charge in [0.05, 0.1) is 22.0 Å². The van der Waals surface area contributed by atoms with Gasteiger partial charge in [0.25, 0.3) is 16.7 Å². The first-order valence-electron chi connectivity index (χ1n) is 6.28. The molecule has 0 aliphatic heterocycles. The molecule has 10 heteroatoms. The highest BCUT2D eigenvalue weighted by atomic mass is 16.6. The lowest BCUT2D eigenvalue weighted by atomic mass is 10.2. The smallest absolute Gasteiger partial charge is 0.313 e. The number of hydrogen-bond acceptors (Lipinski definition) is 7. The molecule has 1 heterocycles. The van der Waals surface area contributed by atoms with Gasteiger partial charge < -0.3 is 5.11 Å². The number of phenolic OH excluding ortho intramolecular Hbond substituents is 1. The van der Waals surface area contributed by atoms with Crippen LogP contribution in [0.1, 0.15) is 0 Å². The van der Waals surface area contributed by atoms with Crippen LogP contribution in [0.3, 0.4) is 0 Å². The molecule has 1 N–H and O–H groups in total. The van der Waals surface area contributed by atoms with Crippen molar-refractivity contribution < 1.29 is 24.5 Å². The number of nitro groups is 2. The normalized spacial score (nSPS) is 10.8. The van der Waals surface area contributed by atoms with E-state index in [0.29, 0.717) is 5.52 Å². The summed E-state index contributed by atoms with van der Waals surface area (Å²) in [5.41, 5.74) is 0.409. The molecule has 116 valence electrons. The minimum atomic E-state index is -0.745. The van der Waals surface area contributed by atoms with E-state index in [2.05, 4.69) is 4.98 Å². The number of aromatic nitrogens is 2. The second-order valence-corrected chi connectivity index (χ2v) is 4.61. The van der Waals surface area contributed by atoms with Crippen LogP contribution in [0.4, 0.5) is 11.4 Å². The summed E-state index contributed by atoms with van der Waals surface area (Å²) in [6, 6.07) is 6.21. The summed E-state index contributed by atoms with van der Waals surface area (Å²) in [4.78, 5) is 29.9. The van der Waals surface area contributed by atoms with Crippen LogP contribution in [0.25, 0.3) is 22.1 Å². The van der Waals surface area contributed by atoms with Gasteiger partial charge >= 0.3 is 5.69 Å². The number of phenols is 1. The second-order valence-electron chi connectivity index (χ2n) is 4.61. The summed E-state index contributed by atoms with van der Waals surface area (Å²) in [5, 5.41) is 31.5. The lowest BCUT2D eigenvalue weighted by molar-refractivity contribution is -0.844. The lowest BCUT2D eigenvalue weighted by Crippen LogP contribution is -2.42. The van der Waals surface area contributed by atoms with Crippen molar-refractivity contribution in [3.8, 4) is 5.75 Å². The largest absolute Gasteiger partial charge is 0.502 e. The summed E-state index contributed by atoms with van der Waals surface area (Å²) in [7, 11) is 1.36. The molecule has 3 rings (SSSR count). The van der Waals surface area contributed by atoms with Crippen molar-refractivity contribution in [2.75, 3.05) is 7.11 Å². The van der Waals surface area contributed by atoms with Crippen molar-refractivity contribution in [2.24, 2.45) is 0 Å². The van der Waals surface area contributed by atoms with Crippen LogP contribution in [0.5, 0.6) is 5.75 Å². The summed E-state index contributed by atoms with van der Waals surface area (Å²) < 4.78 is 1.28. The van der Waals surface area contributed by atoms with Gasteiger partial charge in [-0.3, -0.25) is 25.1 Å². The Morgan fingerprint density at radius 1 is 1.09 bits per heavy atom. The first-order valence-corrected chi connectivity index (χ1v) is 6.28. The summed E-state index contributed by atoms with van der Waals surface area (Å²) in [6.45, 7) is 0. The number of fused-ring (bicyclic) bond motifs is 2. The van der Waals surface area contributed by atoms with Crippen molar-refractivity contribution in [3.63, 3.8) is 0 Å². The molecule has 0 fully saturated rings. The maximum absolute atomic E-state index is 10.9. The Bertz CT molecular complexity index is 987. The van der Waals surface area contributed by atoms with E-state index in [1.807, 2.05) is 0 Å². The first kappa shape index (κ1) is 14.4. The van der Waals surface area contributed by atoms with Crippen molar-refractivity contribution in [3.05, 3.63) is 50.6 Å². The van der Waals surface area contributed by atoms with E-state index in [9.17, 15) is 25.3 Å². The average Bonchev–Trinajstić information content (AvgIpc) is 2.51. The van der Waals surface area contributed by atoms with Gasteiger partial charge in [0.2, 0.25) is 5.75 Å². The number of non-ortho nitro benzene ring substituents is 1. The van der Waals surface area contributed by atoms with Crippen LogP contribution in [0.2, 0.25) is 0 Å². The van der Waals surface area contributed by atoms with Gasteiger partial charge in [-0.1, -0.05) is 0 Å². The zero-order chi connectivity index (χ0) is 16.7. The van der Waals surface area contributed by atoms with Gasteiger partial charge in [-0.05, 0) is 0 Å². The average molecular weight is 317 g/mol. The van der Waals surface area contributed by atoms with E-state index < -0.39 is 21.3 Å². The molecule has 10 nitrogen and oxygen atoms in total. The molecule has 0 saturated heterocycles. The molecule has 0 bridgehead atoms. The monoisotopic (exact) mass is 317 g/mol. The summed E-state index contributed by atoms with van der Waals surface area (Å²) in [5.74, 6) is -0.531. The highest BCUT2D eigenvalue weighted by Crippen LogP contribution is 2.30. The number of benzene rings is 2. The number of hydrogen-bond donors (Lipinski definition) is 1. The molecule has 3 aromatic rings. The van der Waals surface area contributed by atoms with E-state index in [0.717, 1.165) is 12.1 Å². The summed E-state index contributed by atoms with van der Waals surface area (Å²) >= 11 is 0. The maximum atomic E-state index is 10.9. The Balaban J connectivity index is 2.44. The number of nitrogens with zero attached hydrogens (tertiary/aromatic N) is 4.